The highest BCUT2D eigenvalue weighted by atomic mass is 35.5. The first-order chi connectivity index (χ1) is 20.7. The third kappa shape index (κ3) is 7.48. The maximum absolute atomic E-state index is 13.8. The molecule has 4 aromatic rings. The van der Waals surface area contributed by atoms with Crippen molar-refractivity contribution < 1.29 is 9.00 Å². The van der Waals surface area contributed by atoms with Crippen LogP contribution in [0.4, 0.5) is 0 Å². The van der Waals surface area contributed by atoms with E-state index in [4.69, 9.17) is 23.2 Å². The van der Waals surface area contributed by atoms with Gasteiger partial charge in [0.05, 0.1) is 21.7 Å². The minimum absolute atomic E-state index is 0.0503. The molecular weight excluding hydrogens is 597 g/mol. The Bertz CT molecular complexity index is 1680. The number of fused-ring (bicyclic) bond motifs is 1. The first kappa shape index (κ1) is 31.2. The van der Waals surface area contributed by atoms with Crippen molar-refractivity contribution in [3.8, 4) is 6.07 Å². The molecular formula is C35H35Cl2N3O2S. The molecule has 0 bridgehead atoms. The zero-order valence-electron chi connectivity index (χ0n) is 24.4. The summed E-state index contributed by atoms with van der Waals surface area (Å²) < 4.78 is 11.8. The van der Waals surface area contributed by atoms with Crippen LogP contribution in [0.1, 0.15) is 58.1 Å². The number of carbonyl (C=O) groups excluding carboxylic acids is 1. The number of rotatable bonds is 9. The summed E-state index contributed by atoms with van der Waals surface area (Å²) in [5.74, 6) is 0.440. The largest absolute Gasteiger partial charge is 0.341 e. The Kier molecular flexibility index (Phi) is 10.2. The fraction of sp³-hybridized carbons (Fsp3) is 0.314. The molecule has 1 fully saturated rings. The van der Waals surface area contributed by atoms with E-state index >= 15 is 0 Å². The van der Waals surface area contributed by atoms with Gasteiger partial charge in [0.15, 0.2) is 0 Å². The normalized spacial score (nSPS) is 15.6. The van der Waals surface area contributed by atoms with Crippen LogP contribution in [-0.4, -0.2) is 59.4 Å². The van der Waals surface area contributed by atoms with Gasteiger partial charge >= 0.3 is 0 Å². The molecule has 1 heterocycles. The Morgan fingerprint density at radius 1 is 1.02 bits per heavy atom. The highest BCUT2D eigenvalue weighted by Gasteiger charge is 2.25. The smallest absolute Gasteiger partial charge is 0.254 e. The lowest BCUT2D eigenvalue weighted by atomic mass is 9.89. The van der Waals surface area contributed by atoms with Gasteiger partial charge in [0, 0.05) is 47.0 Å². The van der Waals surface area contributed by atoms with Gasteiger partial charge < -0.3 is 9.80 Å². The molecule has 0 unspecified atom stereocenters. The van der Waals surface area contributed by atoms with Crippen LogP contribution in [0, 0.1) is 11.3 Å². The lowest BCUT2D eigenvalue weighted by molar-refractivity contribution is 0.0783. The van der Waals surface area contributed by atoms with Gasteiger partial charge in [-0.25, -0.2) is 0 Å². The summed E-state index contributed by atoms with van der Waals surface area (Å²) >= 11 is 12.7. The van der Waals surface area contributed by atoms with Gasteiger partial charge in [-0.05, 0) is 103 Å². The van der Waals surface area contributed by atoms with Crippen LogP contribution < -0.4 is 0 Å². The highest BCUT2D eigenvalue weighted by Crippen LogP contribution is 2.32. The van der Waals surface area contributed by atoms with Crippen LogP contribution in [0.25, 0.3) is 10.8 Å². The van der Waals surface area contributed by atoms with Crippen molar-refractivity contribution in [2.24, 2.45) is 0 Å². The summed E-state index contributed by atoms with van der Waals surface area (Å²) in [7, 11) is 0.863. The summed E-state index contributed by atoms with van der Waals surface area (Å²) in [6, 6.07) is 27.3. The third-order valence-corrected chi connectivity index (χ3v) is 10.2. The molecule has 0 radical (unpaired) electrons. The molecule has 0 aliphatic carbocycles. The molecule has 0 N–H and O–H groups in total. The molecule has 1 aliphatic rings. The summed E-state index contributed by atoms with van der Waals surface area (Å²) in [5.41, 5.74) is 3.37. The Morgan fingerprint density at radius 3 is 2.42 bits per heavy atom. The predicted octanol–water partition coefficient (Wildman–Crippen LogP) is 7.88. The fourth-order valence-electron chi connectivity index (χ4n) is 6.06. The lowest BCUT2D eigenvalue weighted by Crippen LogP contribution is -2.36. The van der Waals surface area contributed by atoms with Crippen LogP contribution in [0.3, 0.4) is 0 Å². The molecule has 0 aromatic heterocycles. The van der Waals surface area contributed by atoms with E-state index in [9.17, 15) is 14.3 Å². The monoisotopic (exact) mass is 631 g/mol. The van der Waals surface area contributed by atoms with Crippen molar-refractivity contribution in [1.29, 1.82) is 5.26 Å². The molecule has 5 nitrogen and oxygen atoms in total. The Balaban J connectivity index is 1.28. The molecule has 0 spiro atoms. The first-order valence-corrected chi connectivity index (χ1v) is 16.8. The van der Waals surface area contributed by atoms with Crippen LogP contribution >= 0.6 is 23.2 Å². The van der Waals surface area contributed by atoms with E-state index in [1.807, 2.05) is 67.7 Å². The molecule has 4 aromatic carbocycles. The summed E-state index contributed by atoms with van der Waals surface area (Å²) in [4.78, 5) is 18.9. The van der Waals surface area contributed by atoms with Crippen molar-refractivity contribution in [3.63, 3.8) is 0 Å². The van der Waals surface area contributed by atoms with Gasteiger partial charge in [0.1, 0.15) is 0 Å². The van der Waals surface area contributed by atoms with Crippen LogP contribution in [0.15, 0.2) is 83.8 Å². The van der Waals surface area contributed by atoms with E-state index in [1.54, 1.807) is 17.2 Å². The summed E-state index contributed by atoms with van der Waals surface area (Å²) in [6.45, 7) is 3.41. The van der Waals surface area contributed by atoms with Crippen molar-refractivity contribution in [1.82, 2.24) is 9.80 Å². The third-order valence-electron chi connectivity index (χ3n) is 8.54. The van der Waals surface area contributed by atoms with Crippen LogP contribution in [-0.2, 0) is 10.8 Å². The Hall–Kier alpha value is -3.21. The zero-order valence-corrected chi connectivity index (χ0v) is 26.8. The molecule has 5 rings (SSSR count). The van der Waals surface area contributed by atoms with Gasteiger partial charge in [0.2, 0.25) is 0 Å². The average Bonchev–Trinajstić information content (AvgIpc) is 3.03. The number of likely N-dealkylation sites (tertiary alicyclic amines) is 1. The molecule has 222 valence electrons. The van der Waals surface area contributed by atoms with Gasteiger partial charge in [-0.2, -0.15) is 5.26 Å². The number of halogens is 2. The molecule has 1 saturated heterocycles. The van der Waals surface area contributed by atoms with Crippen molar-refractivity contribution in [3.05, 3.63) is 111 Å². The Morgan fingerprint density at radius 2 is 1.74 bits per heavy atom. The molecule has 43 heavy (non-hydrogen) atoms. The number of carbonyl (C=O) groups is 1. The molecule has 0 saturated carbocycles. The van der Waals surface area contributed by atoms with Gasteiger partial charge in [-0.15, -0.1) is 0 Å². The summed E-state index contributed by atoms with van der Waals surface area (Å²) in [6.07, 6.45) is 4.72. The van der Waals surface area contributed by atoms with Crippen LogP contribution in [0.5, 0.6) is 0 Å². The number of hydrogen-bond donors (Lipinski definition) is 0. The first-order valence-electron chi connectivity index (χ1n) is 14.5. The summed E-state index contributed by atoms with van der Waals surface area (Å²) in [5, 5.41) is 12.3. The fourth-order valence-corrected chi connectivity index (χ4v) is 6.89. The number of piperidine rings is 1. The maximum atomic E-state index is 13.8. The van der Waals surface area contributed by atoms with Gasteiger partial charge in [-0.3, -0.25) is 9.00 Å². The van der Waals surface area contributed by atoms with E-state index in [0.717, 1.165) is 60.1 Å². The molecule has 8 heteroatoms. The predicted molar refractivity (Wildman–Crippen MR) is 177 cm³/mol. The second-order valence-corrected chi connectivity index (χ2v) is 13.5. The SMILES string of the molecule is CN(C[C@@H](CCN1CCC(c2ccc([S@@](C)=O)cc2)CC1)c1ccc(Cl)c(Cl)c1)C(=O)c1cc(C#N)cc2ccccc12. The van der Waals surface area contributed by atoms with E-state index in [-0.39, 0.29) is 11.8 Å². The quantitative estimate of drug-likeness (QED) is 0.188. The number of amides is 1. The number of benzene rings is 4. The lowest BCUT2D eigenvalue weighted by Gasteiger charge is -2.34. The molecule has 1 aliphatic heterocycles. The van der Waals surface area contributed by atoms with E-state index in [1.165, 1.54) is 5.56 Å². The second kappa shape index (κ2) is 14.1. The number of hydrogen-bond acceptors (Lipinski definition) is 4. The topological polar surface area (TPSA) is 64.4 Å². The average molecular weight is 633 g/mol. The van der Waals surface area contributed by atoms with Crippen molar-refractivity contribution in [2.75, 3.05) is 39.5 Å². The van der Waals surface area contributed by atoms with E-state index in [0.29, 0.717) is 33.6 Å². The van der Waals surface area contributed by atoms with E-state index in [2.05, 4.69) is 23.1 Å². The standard InChI is InChI=1S/C35H35Cl2N3O2S/c1-39(35(41)32-20-24(22-38)19-28-5-3-4-6-31(28)32)23-29(27-9-12-33(36)34(37)21-27)15-18-40-16-13-26(14-17-40)25-7-10-30(11-8-25)43(2)42/h3-12,19-21,26,29H,13-18,23H2,1-2H3/t29-,43-/m1/s1. The number of nitrogens with zero attached hydrogens (tertiary/aromatic N) is 3. The molecule has 2 atom stereocenters. The number of nitriles is 1. The van der Waals surface area contributed by atoms with Crippen LogP contribution in [0.2, 0.25) is 10.0 Å². The molecule has 1 amide bonds. The highest BCUT2D eigenvalue weighted by molar-refractivity contribution is 7.84. The minimum atomic E-state index is -0.962. The van der Waals surface area contributed by atoms with Crippen molar-refractivity contribution in [2.45, 2.75) is 36.0 Å². The Labute approximate surface area is 266 Å². The number of likely N-dealkylation sites (N-methyl/N-ethyl adjacent to an activating group) is 1. The van der Waals surface area contributed by atoms with Gasteiger partial charge in [-0.1, -0.05) is 65.7 Å². The van der Waals surface area contributed by atoms with E-state index < -0.39 is 10.8 Å². The second-order valence-electron chi connectivity index (χ2n) is 11.3. The maximum Gasteiger partial charge on any atom is 0.254 e. The zero-order chi connectivity index (χ0) is 30.5. The van der Waals surface area contributed by atoms with Crippen molar-refractivity contribution >= 4 is 50.7 Å². The minimum Gasteiger partial charge on any atom is -0.341 e. The van der Waals surface area contributed by atoms with Gasteiger partial charge in [0.25, 0.3) is 5.91 Å².